The zero-order valence-electron chi connectivity index (χ0n) is 11.5. The molecule has 0 radical (unpaired) electrons. The Bertz CT molecular complexity index is 640. The van der Waals surface area contributed by atoms with Gasteiger partial charge in [-0.1, -0.05) is 12.2 Å². The van der Waals surface area contributed by atoms with E-state index in [1.54, 1.807) is 6.92 Å². The number of carbonyl (C=O) groups excluding carboxylic acids is 1. The number of allylic oxidation sites excluding steroid dienone is 2. The summed E-state index contributed by atoms with van der Waals surface area (Å²) in [5.41, 5.74) is 1.14. The molecule has 2 aliphatic rings. The van der Waals surface area contributed by atoms with Crippen molar-refractivity contribution >= 4 is 17.6 Å². The van der Waals surface area contributed by atoms with Crippen LogP contribution >= 0.6 is 0 Å². The fourth-order valence-electron chi connectivity index (χ4n) is 3.50. The molecule has 0 heterocycles. The Kier molecular flexibility index (Phi) is 3.27. The summed E-state index contributed by atoms with van der Waals surface area (Å²) in [6.45, 7) is 1.70. The fourth-order valence-corrected chi connectivity index (χ4v) is 3.50. The molecule has 21 heavy (non-hydrogen) atoms. The molecule has 0 aliphatic heterocycles. The van der Waals surface area contributed by atoms with E-state index >= 15 is 0 Å². The maximum absolute atomic E-state index is 13.1. The summed E-state index contributed by atoms with van der Waals surface area (Å²) in [6.07, 6.45) is 4.56. The molecule has 5 heteroatoms. The standard InChI is InChI=1S/C16H16FNO3/c1-8-6-11(17)4-5-12(8)18-15(19)13-9-2-3-10(7-9)14(13)16(20)21/h2-6,9-10,13-14H,7H2,1H3,(H,18,19)(H,20,21)/t9-,10+,13+,14+/m1/s1. The highest BCUT2D eigenvalue weighted by atomic mass is 19.1. The minimum absolute atomic E-state index is 0.0168. The molecule has 1 fully saturated rings. The predicted molar refractivity (Wildman–Crippen MR) is 75.1 cm³/mol. The Labute approximate surface area is 121 Å². The highest BCUT2D eigenvalue weighted by molar-refractivity contribution is 5.96. The zero-order valence-corrected chi connectivity index (χ0v) is 11.5. The third-order valence-electron chi connectivity index (χ3n) is 4.49. The molecule has 0 aromatic heterocycles. The SMILES string of the molecule is Cc1cc(F)ccc1NC(=O)[C@@H]1[C@@H](C(=O)O)[C@H]2C=C[C@@H]1C2. The minimum atomic E-state index is -0.928. The molecule has 0 unspecified atom stereocenters. The maximum Gasteiger partial charge on any atom is 0.307 e. The second kappa shape index (κ2) is 4.98. The number of carboxylic acids is 1. The smallest absolute Gasteiger partial charge is 0.307 e. The van der Waals surface area contributed by atoms with Crippen molar-refractivity contribution in [2.75, 3.05) is 5.32 Å². The number of carboxylic acid groups (broad SMARTS) is 1. The largest absolute Gasteiger partial charge is 0.481 e. The number of hydrogen-bond donors (Lipinski definition) is 2. The monoisotopic (exact) mass is 289 g/mol. The number of amides is 1. The Hall–Kier alpha value is -2.17. The minimum Gasteiger partial charge on any atom is -0.481 e. The number of halogens is 1. The summed E-state index contributed by atoms with van der Waals surface area (Å²) in [4.78, 5) is 23.9. The average molecular weight is 289 g/mol. The van der Waals surface area contributed by atoms with Gasteiger partial charge in [0.2, 0.25) is 5.91 Å². The number of benzene rings is 1. The van der Waals surface area contributed by atoms with Gasteiger partial charge in [0.15, 0.2) is 0 Å². The number of carbonyl (C=O) groups is 2. The van der Waals surface area contributed by atoms with Gasteiger partial charge in [-0.15, -0.1) is 0 Å². The fraction of sp³-hybridized carbons (Fsp3) is 0.375. The van der Waals surface area contributed by atoms with Crippen LogP contribution in [0.3, 0.4) is 0 Å². The maximum atomic E-state index is 13.1. The third-order valence-corrected chi connectivity index (χ3v) is 4.49. The first-order chi connectivity index (χ1) is 9.97. The van der Waals surface area contributed by atoms with Crippen LogP contribution in [-0.2, 0) is 9.59 Å². The molecule has 2 bridgehead atoms. The van der Waals surface area contributed by atoms with Crippen molar-refractivity contribution in [3.05, 3.63) is 41.7 Å². The van der Waals surface area contributed by atoms with Crippen molar-refractivity contribution in [3.63, 3.8) is 0 Å². The number of rotatable bonds is 3. The number of hydrogen-bond acceptors (Lipinski definition) is 2. The summed E-state index contributed by atoms with van der Waals surface area (Å²) in [6, 6.07) is 4.12. The van der Waals surface area contributed by atoms with E-state index in [1.807, 2.05) is 12.2 Å². The first-order valence-electron chi connectivity index (χ1n) is 6.95. The molecule has 1 aromatic carbocycles. The van der Waals surface area contributed by atoms with E-state index in [0.717, 1.165) is 6.42 Å². The topological polar surface area (TPSA) is 66.4 Å². The average Bonchev–Trinajstić information content (AvgIpc) is 3.02. The van der Waals surface area contributed by atoms with Crippen LogP contribution in [0.1, 0.15) is 12.0 Å². The Balaban J connectivity index is 1.82. The summed E-state index contributed by atoms with van der Waals surface area (Å²) < 4.78 is 13.1. The van der Waals surface area contributed by atoms with E-state index in [4.69, 9.17) is 0 Å². The molecular weight excluding hydrogens is 273 g/mol. The normalized spacial score (nSPS) is 29.6. The van der Waals surface area contributed by atoms with Gasteiger partial charge in [-0.05, 0) is 48.9 Å². The second-order valence-electron chi connectivity index (χ2n) is 5.79. The summed E-state index contributed by atoms with van der Waals surface area (Å²) in [5.74, 6) is -2.88. The predicted octanol–water partition coefficient (Wildman–Crippen LogP) is 2.60. The lowest BCUT2D eigenvalue weighted by Crippen LogP contribution is -2.36. The van der Waals surface area contributed by atoms with Gasteiger partial charge in [0.05, 0.1) is 11.8 Å². The van der Waals surface area contributed by atoms with Gasteiger partial charge in [-0.3, -0.25) is 9.59 Å². The van der Waals surface area contributed by atoms with E-state index in [2.05, 4.69) is 5.32 Å². The Morgan fingerprint density at radius 3 is 2.52 bits per heavy atom. The summed E-state index contributed by atoms with van der Waals surface area (Å²) in [5, 5.41) is 12.1. The van der Waals surface area contributed by atoms with Gasteiger partial charge in [-0.2, -0.15) is 0 Å². The molecule has 1 saturated carbocycles. The van der Waals surface area contributed by atoms with Crippen molar-refractivity contribution in [3.8, 4) is 0 Å². The Morgan fingerprint density at radius 2 is 1.90 bits per heavy atom. The number of fused-ring (bicyclic) bond motifs is 2. The van der Waals surface area contributed by atoms with E-state index in [9.17, 15) is 19.1 Å². The quantitative estimate of drug-likeness (QED) is 0.841. The lowest BCUT2D eigenvalue weighted by Gasteiger charge is -2.24. The van der Waals surface area contributed by atoms with Gasteiger partial charge in [0.25, 0.3) is 0 Å². The van der Waals surface area contributed by atoms with Crippen LogP contribution in [0.2, 0.25) is 0 Å². The lowest BCUT2D eigenvalue weighted by atomic mass is 9.82. The van der Waals surface area contributed by atoms with Crippen molar-refractivity contribution in [2.24, 2.45) is 23.7 Å². The zero-order chi connectivity index (χ0) is 15.1. The molecule has 1 aromatic rings. The highest BCUT2D eigenvalue weighted by Crippen LogP contribution is 2.48. The van der Waals surface area contributed by atoms with Crippen LogP contribution in [0, 0.1) is 36.4 Å². The summed E-state index contributed by atoms with van der Waals surface area (Å²) in [7, 11) is 0. The number of aryl methyl sites for hydroxylation is 1. The summed E-state index contributed by atoms with van der Waals surface area (Å²) >= 11 is 0. The number of aliphatic carboxylic acids is 1. The van der Waals surface area contributed by atoms with Crippen molar-refractivity contribution < 1.29 is 19.1 Å². The number of nitrogens with one attached hydrogen (secondary N) is 1. The van der Waals surface area contributed by atoms with Crippen molar-refractivity contribution in [1.29, 1.82) is 0 Å². The van der Waals surface area contributed by atoms with Gasteiger partial charge in [-0.25, -0.2) is 4.39 Å². The molecule has 4 atom stereocenters. The van der Waals surface area contributed by atoms with E-state index in [1.165, 1.54) is 18.2 Å². The molecular formula is C16H16FNO3. The van der Waals surface area contributed by atoms with Crippen molar-refractivity contribution in [2.45, 2.75) is 13.3 Å². The highest BCUT2D eigenvalue weighted by Gasteiger charge is 2.51. The third kappa shape index (κ3) is 2.33. The van der Waals surface area contributed by atoms with Gasteiger partial charge in [0, 0.05) is 5.69 Å². The number of anilines is 1. The van der Waals surface area contributed by atoms with Crippen molar-refractivity contribution in [1.82, 2.24) is 0 Å². The molecule has 4 nitrogen and oxygen atoms in total. The molecule has 110 valence electrons. The first-order valence-corrected chi connectivity index (χ1v) is 6.95. The molecule has 0 saturated heterocycles. The lowest BCUT2D eigenvalue weighted by molar-refractivity contribution is -0.146. The van der Waals surface area contributed by atoms with E-state index in [0.29, 0.717) is 11.3 Å². The van der Waals surface area contributed by atoms with Crippen LogP contribution < -0.4 is 5.32 Å². The van der Waals surface area contributed by atoms with Crippen LogP contribution in [0.4, 0.5) is 10.1 Å². The first kappa shape index (κ1) is 13.8. The molecule has 0 spiro atoms. The van der Waals surface area contributed by atoms with E-state index < -0.39 is 17.8 Å². The molecule has 1 amide bonds. The van der Waals surface area contributed by atoms with Crippen LogP contribution in [0.25, 0.3) is 0 Å². The molecule has 2 aliphatic carbocycles. The van der Waals surface area contributed by atoms with Gasteiger partial charge >= 0.3 is 5.97 Å². The van der Waals surface area contributed by atoms with Crippen LogP contribution in [0.15, 0.2) is 30.4 Å². The second-order valence-corrected chi connectivity index (χ2v) is 5.79. The molecule has 3 rings (SSSR count). The Morgan fingerprint density at radius 1 is 1.24 bits per heavy atom. The molecule has 2 N–H and O–H groups in total. The van der Waals surface area contributed by atoms with E-state index in [-0.39, 0.29) is 23.6 Å². The van der Waals surface area contributed by atoms with Gasteiger partial charge in [0.1, 0.15) is 5.82 Å². The van der Waals surface area contributed by atoms with Gasteiger partial charge < -0.3 is 10.4 Å². The van der Waals surface area contributed by atoms with Crippen LogP contribution in [0.5, 0.6) is 0 Å². The van der Waals surface area contributed by atoms with Crippen LogP contribution in [-0.4, -0.2) is 17.0 Å².